The molecule has 0 radical (unpaired) electrons. The van der Waals surface area contributed by atoms with Gasteiger partial charge in [-0.15, -0.1) is 0 Å². The van der Waals surface area contributed by atoms with E-state index in [0.29, 0.717) is 12.8 Å². The Morgan fingerprint density at radius 1 is 1.14 bits per heavy atom. The molecule has 0 atom stereocenters. The quantitative estimate of drug-likeness (QED) is 0.854. The number of urea groups is 1. The van der Waals surface area contributed by atoms with Crippen LogP contribution >= 0.6 is 11.3 Å². The summed E-state index contributed by atoms with van der Waals surface area (Å²) in [5.74, 6) is -0.717. The van der Waals surface area contributed by atoms with E-state index in [1.54, 1.807) is 0 Å². The Kier molecular flexibility index (Phi) is 3.80. The summed E-state index contributed by atoms with van der Waals surface area (Å²) < 4.78 is 0. The Hall–Kier alpha value is -1.69. The first-order valence-electron chi connectivity index (χ1n) is 7.32. The van der Waals surface area contributed by atoms with Crippen molar-refractivity contribution in [3.63, 3.8) is 0 Å². The predicted molar refractivity (Wildman–Crippen MR) is 78.5 cm³/mol. The van der Waals surface area contributed by atoms with Gasteiger partial charge in [-0.3, -0.25) is 19.8 Å². The number of amides is 4. The Balaban J connectivity index is 1.89. The summed E-state index contributed by atoms with van der Waals surface area (Å²) in [6.07, 6.45) is 4.90. The standard InChI is InChI=1S/C15H18N2O3S/c18-12-15(6-3-1-2-4-7-15)13(19)17(14(20)16-12)9-11-5-8-21-10-11/h5,8,10H,1-4,6-7,9H2,(H,16,18,20). The minimum Gasteiger partial charge on any atom is -0.277 e. The molecular weight excluding hydrogens is 288 g/mol. The molecule has 6 heteroatoms. The van der Waals surface area contributed by atoms with Crippen LogP contribution in [0.25, 0.3) is 0 Å². The first kappa shape index (κ1) is 14.3. The molecule has 1 saturated carbocycles. The minimum atomic E-state index is -1.03. The maximum Gasteiger partial charge on any atom is 0.331 e. The van der Waals surface area contributed by atoms with Crippen LogP contribution in [-0.2, 0) is 16.1 Å². The Morgan fingerprint density at radius 2 is 1.86 bits per heavy atom. The predicted octanol–water partition coefficient (Wildman–Crippen LogP) is 2.67. The second-order valence-corrected chi connectivity index (χ2v) is 6.56. The van der Waals surface area contributed by atoms with Gasteiger partial charge in [-0.25, -0.2) is 4.79 Å². The smallest absolute Gasteiger partial charge is 0.277 e. The summed E-state index contributed by atoms with van der Waals surface area (Å²) >= 11 is 1.52. The van der Waals surface area contributed by atoms with Crippen LogP contribution in [0.5, 0.6) is 0 Å². The lowest BCUT2D eigenvalue weighted by molar-refractivity contribution is -0.153. The first-order valence-corrected chi connectivity index (χ1v) is 8.26. The van der Waals surface area contributed by atoms with E-state index in [4.69, 9.17) is 0 Å². The van der Waals surface area contributed by atoms with Crippen LogP contribution in [0.3, 0.4) is 0 Å². The average Bonchev–Trinajstić information content (AvgIpc) is 2.84. The van der Waals surface area contributed by atoms with E-state index >= 15 is 0 Å². The van der Waals surface area contributed by atoms with Gasteiger partial charge in [0.25, 0.3) is 0 Å². The lowest BCUT2D eigenvalue weighted by Crippen LogP contribution is -2.63. The van der Waals surface area contributed by atoms with Crippen LogP contribution in [0.1, 0.15) is 44.1 Å². The summed E-state index contributed by atoms with van der Waals surface area (Å²) in [7, 11) is 0. The second kappa shape index (κ2) is 5.60. The molecule has 1 aliphatic carbocycles. The van der Waals surface area contributed by atoms with Gasteiger partial charge in [0.05, 0.1) is 6.54 Å². The third kappa shape index (κ3) is 2.48. The molecule has 2 aliphatic rings. The number of hydrogen-bond donors (Lipinski definition) is 1. The topological polar surface area (TPSA) is 66.5 Å². The molecule has 5 nitrogen and oxygen atoms in total. The van der Waals surface area contributed by atoms with Crippen molar-refractivity contribution in [2.75, 3.05) is 0 Å². The average molecular weight is 306 g/mol. The first-order chi connectivity index (χ1) is 10.1. The number of carbonyl (C=O) groups is 3. The van der Waals surface area contributed by atoms with E-state index in [1.807, 2.05) is 16.8 Å². The number of rotatable bonds is 2. The zero-order chi connectivity index (χ0) is 14.9. The molecule has 4 amide bonds. The van der Waals surface area contributed by atoms with E-state index in [0.717, 1.165) is 31.2 Å². The van der Waals surface area contributed by atoms with Gasteiger partial charge in [-0.2, -0.15) is 11.3 Å². The molecule has 2 fully saturated rings. The van der Waals surface area contributed by atoms with Gasteiger partial charge in [0.15, 0.2) is 0 Å². The molecule has 0 unspecified atom stereocenters. The fourth-order valence-corrected chi connectivity index (χ4v) is 3.87. The van der Waals surface area contributed by atoms with E-state index < -0.39 is 17.4 Å². The van der Waals surface area contributed by atoms with Gasteiger partial charge in [-0.1, -0.05) is 25.7 Å². The highest BCUT2D eigenvalue weighted by molar-refractivity contribution is 7.07. The Bertz CT molecular complexity index is 559. The summed E-state index contributed by atoms with van der Waals surface area (Å²) in [4.78, 5) is 38.4. The number of thiophene rings is 1. The molecule has 1 aliphatic heterocycles. The Labute approximate surface area is 127 Å². The fourth-order valence-electron chi connectivity index (χ4n) is 3.21. The second-order valence-electron chi connectivity index (χ2n) is 5.78. The van der Waals surface area contributed by atoms with Crippen molar-refractivity contribution < 1.29 is 14.4 Å². The Morgan fingerprint density at radius 3 is 2.48 bits per heavy atom. The summed E-state index contributed by atoms with van der Waals surface area (Å²) in [5.41, 5.74) is -0.109. The largest absolute Gasteiger partial charge is 0.331 e. The van der Waals surface area contributed by atoms with Gasteiger partial charge in [0.2, 0.25) is 11.8 Å². The van der Waals surface area contributed by atoms with Gasteiger partial charge < -0.3 is 0 Å². The van der Waals surface area contributed by atoms with Crippen LogP contribution in [0.15, 0.2) is 16.8 Å². The molecule has 1 aromatic rings. The van der Waals surface area contributed by atoms with Crippen molar-refractivity contribution in [1.82, 2.24) is 10.2 Å². The van der Waals surface area contributed by atoms with Crippen molar-refractivity contribution in [2.45, 2.75) is 45.1 Å². The minimum absolute atomic E-state index is 0.239. The molecule has 112 valence electrons. The number of carbonyl (C=O) groups excluding carboxylic acids is 3. The molecule has 3 rings (SSSR count). The van der Waals surface area contributed by atoms with E-state index in [1.165, 1.54) is 16.2 Å². The number of nitrogens with zero attached hydrogens (tertiary/aromatic N) is 1. The van der Waals surface area contributed by atoms with Gasteiger partial charge in [0, 0.05) is 0 Å². The van der Waals surface area contributed by atoms with Crippen molar-refractivity contribution in [2.24, 2.45) is 5.41 Å². The van der Waals surface area contributed by atoms with Crippen LogP contribution in [0.2, 0.25) is 0 Å². The summed E-state index contributed by atoms with van der Waals surface area (Å²) in [6, 6.07) is 1.30. The summed E-state index contributed by atoms with van der Waals surface area (Å²) in [5, 5.41) is 6.22. The highest BCUT2D eigenvalue weighted by atomic mass is 32.1. The molecule has 1 saturated heterocycles. The molecule has 0 bridgehead atoms. The van der Waals surface area contributed by atoms with E-state index in [2.05, 4.69) is 5.32 Å². The highest BCUT2D eigenvalue weighted by Crippen LogP contribution is 2.39. The number of hydrogen-bond acceptors (Lipinski definition) is 4. The summed E-state index contributed by atoms with van der Waals surface area (Å²) in [6.45, 7) is 0.239. The molecule has 1 aromatic heterocycles. The number of imide groups is 2. The van der Waals surface area contributed by atoms with Crippen LogP contribution < -0.4 is 5.32 Å². The van der Waals surface area contributed by atoms with Crippen molar-refractivity contribution in [3.8, 4) is 0 Å². The van der Waals surface area contributed by atoms with Gasteiger partial charge >= 0.3 is 6.03 Å². The van der Waals surface area contributed by atoms with Crippen LogP contribution in [0, 0.1) is 5.41 Å². The van der Waals surface area contributed by atoms with Crippen LogP contribution in [0.4, 0.5) is 4.79 Å². The SMILES string of the molecule is O=C1NC(=O)C2(CCCCCC2)C(=O)N1Cc1ccsc1. The third-order valence-corrected chi connectivity index (χ3v) is 5.16. The van der Waals surface area contributed by atoms with Crippen molar-refractivity contribution in [3.05, 3.63) is 22.4 Å². The maximum atomic E-state index is 12.8. The number of nitrogens with one attached hydrogen (secondary N) is 1. The van der Waals surface area contributed by atoms with Crippen LogP contribution in [-0.4, -0.2) is 22.7 Å². The van der Waals surface area contributed by atoms with Crippen molar-refractivity contribution in [1.29, 1.82) is 0 Å². The third-order valence-electron chi connectivity index (χ3n) is 4.43. The molecule has 1 N–H and O–H groups in total. The molecule has 0 aromatic carbocycles. The van der Waals surface area contributed by atoms with Crippen molar-refractivity contribution >= 4 is 29.2 Å². The van der Waals surface area contributed by atoms with Gasteiger partial charge in [-0.05, 0) is 35.2 Å². The molecule has 1 spiro atoms. The zero-order valence-corrected chi connectivity index (χ0v) is 12.6. The highest BCUT2D eigenvalue weighted by Gasteiger charge is 2.53. The maximum absolute atomic E-state index is 12.8. The van der Waals surface area contributed by atoms with Gasteiger partial charge in [0.1, 0.15) is 5.41 Å². The zero-order valence-electron chi connectivity index (χ0n) is 11.8. The number of barbiturate groups is 1. The molecular formula is C15H18N2O3S. The van der Waals surface area contributed by atoms with E-state index in [-0.39, 0.29) is 12.5 Å². The normalized spacial score (nSPS) is 22.3. The lowest BCUT2D eigenvalue weighted by atomic mass is 9.77. The molecule has 2 heterocycles. The lowest BCUT2D eigenvalue weighted by Gasteiger charge is -2.38. The molecule has 21 heavy (non-hydrogen) atoms. The van der Waals surface area contributed by atoms with E-state index in [9.17, 15) is 14.4 Å². The fraction of sp³-hybridized carbons (Fsp3) is 0.533. The monoisotopic (exact) mass is 306 g/mol.